The van der Waals surface area contributed by atoms with E-state index in [0.717, 1.165) is 19.5 Å². The van der Waals surface area contributed by atoms with E-state index in [-0.39, 0.29) is 5.41 Å². The summed E-state index contributed by atoms with van der Waals surface area (Å²) in [7, 11) is 0. The molecule has 1 unspecified atom stereocenters. The van der Waals surface area contributed by atoms with Crippen LogP contribution in [-0.2, 0) is 17.7 Å². The van der Waals surface area contributed by atoms with Gasteiger partial charge < -0.3 is 14.9 Å². The van der Waals surface area contributed by atoms with Gasteiger partial charge in [0.25, 0.3) is 0 Å². The number of aliphatic hydroxyl groups excluding tert-OH is 1. The fourth-order valence-electron chi connectivity index (χ4n) is 3.67. The maximum absolute atomic E-state index is 10.7. The second-order valence-electron chi connectivity index (χ2n) is 7.62. The molecule has 1 fully saturated rings. The van der Waals surface area contributed by atoms with Crippen LogP contribution in [0.4, 0.5) is 0 Å². The Bertz CT molecular complexity index is 508. The molecule has 6 heteroatoms. The Balaban J connectivity index is 1.71. The summed E-state index contributed by atoms with van der Waals surface area (Å²) in [5.41, 5.74) is 1.47. The Morgan fingerprint density at radius 1 is 1.41 bits per heavy atom. The molecule has 0 aromatic carbocycles. The lowest BCUT2D eigenvalue weighted by atomic mass is 9.86. The number of hydrogen-bond acceptors (Lipinski definition) is 5. The maximum Gasteiger partial charge on any atom is 0.0961 e. The van der Waals surface area contributed by atoms with E-state index in [2.05, 4.69) is 28.9 Å². The van der Waals surface area contributed by atoms with Gasteiger partial charge in [-0.25, -0.2) is 0 Å². The van der Waals surface area contributed by atoms with Crippen LogP contribution in [-0.4, -0.2) is 63.3 Å². The molecule has 1 aromatic heterocycles. The average molecular weight is 309 g/mol. The van der Waals surface area contributed by atoms with Crippen LogP contribution < -0.4 is 0 Å². The number of nitrogens with zero attached hydrogens (tertiary/aromatic N) is 2. The lowest BCUT2D eigenvalue weighted by molar-refractivity contribution is -0.139. The molecule has 3 heterocycles. The number of H-pyrrole nitrogens is 1. The number of rotatable bonds is 3. The van der Waals surface area contributed by atoms with Crippen LogP contribution in [0.3, 0.4) is 0 Å². The van der Waals surface area contributed by atoms with Crippen molar-refractivity contribution in [3.63, 3.8) is 0 Å². The number of aromatic amines is 1. The molecule has 0 bridgehead atoms. The summed E-state index contributed by atoms with van der Waals surface area (Å²) in [6.45, 7) is 7.62. The topological polar surface area (TPSA) is 81.6 Å². The molecule has 0 spiro atoms. The summed E-state index contributed by atoms with van der Waals surface area (Å²) in [4.78, 5) is 2.24. The normalized spacial score (nSPS) is 26.2. The Labute approximate surface area is 131 Å². The zero-order valence-electron chi connectivity index (χ0n) is 13.5. The van der Waals surface area contributed by atoms with E-state index >= 15 is 0 Å². The largest absolute Gasteiger partial charge is 0.389 e. The molecule has 0 aliphatic carbocycles. The van der Waals surface area contributed by atoms with Gasteiger partial charge in [-0.2, -0.15) is 5.10 Å². The number of ether oxygens (including phenoxy) is 1. The molecule has 2 aliphatic heterocycles. The molecule has 0 saturated carbocycles. The van der Waals surface area contributed by atoms with Crippen molar-refractivity contribution >= 4 is 0 Å². The fourth-order valence-corrected chi connectivity index (χ4v) is 3.67. The second-order valence-corrected chi connectivity index (χ2v) is 7.62. The van der Waals surface area contributed by atoms with E-state index in [9.17, 15) is 10.2 Å². The lowest BCUT2D eigenvalue weighted by Gasteiger charge is -2.39. The number of hydrogen-bond donors (Lipinski definition) is 3. The number of aliphatic hydroxyl groups is 2. The monoisotopic (exact) mass is 309 g/mol. The van der Waals surface area contributed by atoms with E-state index in [0.29, 0.717) is 32.6 Å². The van der Waals surface area contributed by atoms with Gasteiger partial charge in [-0.3, -0.25) is 10.00 Å². The summed E-state index contributed by atoms with van der Waals surface area (Å²) in [5.74, 6) is 0. The Hall–Kier alpha value is -0.950. The van der Waals surface area contributed by atoms with Crippen LogP contribution in [0.5, 0.6) is 0 Å². The number of fused-ring (bicyclic) bond motifs is 1. The van der Waals surface area contributed by atoms with Gasteiger partial charge >= 0.3 is 0 Å². The highest BCUT2D eigenvalue weighted by Gasteiger charge is 2.39. The van der Waals surface area contributed by atoms with Crippen molar-refractivity contribution in [3.05, 3.63) is 17.5 Å². The lowest BCUT2D eigenvalue weighted by Crippen LogP contribution is -2.52. The Morgan fingerprint density at radius 3 is 2.86 bits per heavy atom. The Morgan fingerprint density at radius 2 is 2.14 bits per heavy atom. The van der Waals surface area contributed by atoms with Gasteiger partial charge in [0.05, 0.1) is 17.9 Å². The highest BCUT2D eigenvalue weighted by Crippen LogP contribution is 2.31. The predicted molar refractivity (Wildman–Crippen MR) is 82.4 cm³/mol. The smallest absolute Gasteiger partial charge is 0.0961 e. The quantitative estimate of drug-likeness (QED) is 0.765. The van der Waals surface area contributed by atoms with Gasteiger partial charge in [0.15, 0.2) is 0 Å². The first-order chi connectivity index (χ1) is 10.4. The third kappa shape index (κ3) is 3.35. The molecular weight excluding hydrogens is 282 g/mol. The van der Waals surface area contributed by atoms with Gasteiger partial charge in [0.1, 0.15) is 0 Å². The summed E-state index contributed by atoms with van der Waals surface area (Å²) >= 11 is 0. The number of nitrogens with one attached hydrogen (secondary N) is 1. The van der Waals surface area contributed by atoms with Crippen molar-refractivity contribution in [2.24, 2.45) is 5.41 Å². The summed E-state index contributed by atoms with van der Waals surface area (Å²) in [5, 5.41) is 28.5. The SMILES string of the molecule is CC1(C)Cc2[nH]ncc2CN(CC(O)C2(O)CCOCC2)C1. The highest BCUT2D eigenvalue weighted by molar-refractivity contribution is 5.19. The molecule has 3 N–H and O–H groups in total. The Kier molecular flexibility index (Phi) is 4.29. The van der Waals surface area contributed by atoms with Crippen molar-refractivity contribution in [3.8, 4) is 0 Å². The molecule has 0 amide bonds. The summed E-state index contributed by atoms with van der Waals surface area (Å²) < 4.78 is 5.30. The number of aromatic nitrogens is 2. The molecule has 124 valence electrons. The molecular formula is C16H27N3O3. The minimum atomic E-state index is -1.02. The van der Waals surface area contributed by atoms with Crippen molar-refractivity contribution in [1.29, 1.82) is 0 Å². The minimum absolute atomic E-state index is 0.107. The van der Waals surface area contributed by atoms with Crippen molar-refractivity contribution in [1.82, 2.24) is 15.1 Å². The third-order valence-electron chi connectivity index (χ3n) is 4.92. The first kappa shape index (κ1) is 15.9. The van der Waals surface area contributed by atoms with E-state index < -0.39 is 11.7 Å². The highest BCUT2D eigenvalue weighted by atomic mass is 16.5. The van der Waals surface area contributed by atoms with Crippen LogP contribution in [0.25, 0.3) is 0 Å². The van der Waals surface area contributed by atoms with Gasteiger partial charge in [-0.05, 0) is 11.8 Å². The molecule has 22 heavy (non-hydrogen) atoms. The van der Waals surface area contributed by atoms with Gasteiger partial charge in [-0.1, -0.05) is 13.8 Å². The first-order valence-electron chi connectivity index (χ1n) is 8.10. The first-order valence-corrected chi connectivity index (χ1v) is 8.10. The molecule has 1 atom stereocenters. The van der Waals surface area contributed by atoms with Crippen LogP contribution in [0, 0.1) is 5.41 Å². The minimum Gasteiger partial charge on any atom is -0.389 e. The van der Waals surface area contributed by atoms with E-state index in [1.165, 1.54) is 11.3 Å². The van der Waals surface area contributed by atoms with Crippen LogP contribution >= 0.6 is 0 Å². The summed E-state index contributed by atoms with van der Waals surface area (Å²) in [6.07, 6.45) is 3.08. The zero-order chi connectivity index (χ0) is 15.8. The second kappa shape index (κ2) is 5.92. The van der Waals surface area contributed by atoms with Crippen LogP contribution in [0.2, 0.25) is 0 Å². The summed E-state index contributed by atoms with van der Waals surface area (Å²) in [6, 6.07) is 0. The third-order valence-corrected chi connectivity index (χ3v) is 4.92. The standard InChI is InChI=1S/C16H27N3O3/c1-15(2)7-13-12(8-17-18-13)9-19(11-15)10-14(20)16(21)3-5-22-6-4-16/h8,14,20-21H,3-7,9-11H2,1-2H3,(H,17,18). The van der Waals surface area contributed by atoms with Crippen molar-refractivity contribution < 1.29 is 14.9 Å². The van der Waals surface area contributed by atoms with Crippen LogP contribution in [0.1, 0.15) is 37.9 Å². The molecule has 6 nitrogen and oxygen atoms in total. The molecule has 3 rings (SSSR count). The number of β-amino-alcohol motifs (C(OH)–C–C–N with tert-alkyl or cyclic N) is 1. The van der Waals surface area contributed by atoms with Gasteiger partial charge in [-0.15, -0.1) is 0 Å². The molecule has 2 aliphatic rings. The maximum atomic E-state index is 10.7. The fraction of sp³-hybridized carbons (Fsp3) is 0.812. The van der Waals surface area contributed by atoms with Gasteiger partial charge in [0.2, 0.25) is 0 Å². The molecule has 0 radical (unpaired) electrons. The van der Waals surface area contributed by atoms with E-state index in [1.54, 1.807) is 0 Å². The van der Waals surface area contributed by atoms with Crippen LogP contribution in [0.15, 0.2) is 6.20 Å². The van der Waals surface area contributed by atoms with Gasteiger partial charge in [0, 0.05) is 56.9 Å². The predicted octanol–water partition coefficient (Wildman–Crippen LogP) is 0.696. The van der Waals surface area contributed by atoms with E-state index in [4.69, 9.17) is 4.74 Å². The van der Waals surface area contributed by atoms with Crippen molar-refractivity contribution in [2.45, 2.75) is 51.4 Å². The molecule has 1 aromatic rings. The van der Waals surface area contributed by atoms with E-state index in [1.807, 2.05) is 6.20 Å². The molecule has 1 saturated heterocycles. The van der Waals surface area contributed by atoms with Crippen molar-refractivity contribution in [2.75, 3.05) is 26.3 Å². The average Bonchev–Trinajstić information content (AvgIpc) is 2.80. The zero-order valence-corrected chi connectivity index (χ0v) is 13.5.